The van der Waals surface area contributed by atoms with Crippen LogP contribution in [0, 0.1) is 24.5 Å². The first-order chi connectivity index (χ1) is 19.9. The molecule has 0 saturated heterocycles. The van der Waals surface area contributed by atoms with Crippen molar-refractivity contribution in [1.29, 1.82) is 0 Å². The Morgan fingerprint density at radius 2 is 1.37 bits per heavy atom. The number of benzene rings is 4. The molecule has 0 amide bonds. The normalized spacial score (nSPS) is 14.0. The fourth-order valence-electron chi connectivity index (χ4n) is 4.42. The predicted octanol–water partition coefficient (Wildman–Crippen LogP) is 7.65. The van der Waals surface area contributed by atoms with E-state index in [1.54, 1.807) is 13.1 Å². The predicted molar refractivity (Wildman–Crippen MR) is 171 cm³/mol. The third-order valence-electron chi connectivity index (χ3n) is 6.54. The summed E-state index contributed by atoms with van der Waals surface area (Å²) in [6.45, 7) is 1.59. The average Bonchev–Trinajstić information content (AvgIpc) is 3.60. The van der Waals surface area contributed by atoms with Crippen LogP contribution in [0.2, 0.25) is 0 Å². The SMILES string of the molecule is Cc1ccc(F)cc1F.O=c1[nH]cc(CC2CCC=C2Br)[nH]1.c1ccc(P(c2ccccc2)c2ccccc2)cc1. The number of rotatable bonds is 5. The van der Waals surface area contributed by atoms with Gasteiger partial charge in [-0.3, -0.25) is 0 Å². The molecule has 0 spiro atoms. The smallest absolute Gasteiger partial charge is 0.313 e. The number of nitrogens with one attached hydrogen (secondary N) is 2. The van der Waals surface area contributed by atoms with Crippen LogP contribution in [0.15, 0.2) is 131 Å². The van der Waals surface area contributed by atoms with E-state index in [0.717, 1.165) is 24.6 Å². The van der Waals surface area contributed by atoms with Crippen LogP contribution in [0.25, 0.3) is 0 Å². The minimum Gasteiger partial charge on any atom is -0.313 e. The largest absolute Gasteiger partial charge is 0.323 e. The number of aryl methyl sites for hydroxylation is 1. The molecule has 210 valence electrons. The van der Waals surface area contributed by atoms with E-state index in [2.05, 4.69) is 123 Å². The second-order valence-electron chi connectivity index (χ2n) is 9.57. The molecular weight excluding hydrogens is 601 g/mol. The van der Waals surface area contributed by atoms with Crippen LogP contribution < -0.4 is 21.6 Å². The van der Waals surface area contributed by atoms with Gasteiger partial charge in [-0.25, -0.2) is 13.6 Å². The summed E-state index contributed by atoms with van der Waals surface area (Å²) in [7, 11) is -0.446. The van der Waals surface area contributed by atoms with Crippen molar-refractivity contribution in [2.45, 2.75) is 26.2 Å². The monoisotopic (exact) mass is 632 g/mol. The van der Waals surface area contributed by atoms with E-state index < -0.39 is 19.6 Å². The van der Waals surface area contributed by atoms with Crippen molar-refractivity contribution < 1.29 is 8.78 Å². The van der Waals surface area contributed by atoms with Crippen molar-refractivity contribution in [1.82, 2.24) is 9.97 Å². The van der Waals surface area contributed by atoms with Gasteiger partial charge in [0.05, 0.1) is 0 Å². The Kier molecular flexibility index (Phi) is 11.4. The lowest BCUT2D eigenvalue weighted by Crippen LogP contribution is -2.20. The number of aromatic amines is 2. The van der Waals surface area contributed by atoms with E-state index in [1.807, 2.05) is 0 Å². The molecule has 0 radical (unpaired) electrons. The van der Waals surface area contributed by atoms with E-state index in [9.17, 15) is 13.6 Å². The van der Waals surface area contributed by atoms with Crippen LogP contribution in [0.5, 0.6) is 0 Å². The summed E-state index contributed by atoms with van der Waals surface area (Å²) >= 11 is 3.53. The molecule has 0 saturated carbocycles. The van der Waals surface area contributed by atoms with Crippen molar-refractivity contribution >= 4 is 39.8 Å². The van der Waals surface area contributed by atoms with E-state index in [4.69, 9.17) is 0 Å². The van der Waals surface area contributed by atoms with Crippen LogP contribution >= 0.6 is 23.9 Å². The Labute approximate surface area is 249 Å². The number of hydrogen-bond acceptors (Lipinski definition) is 1. The van der Waals surface area contributed by atoms with Gasteiger partial charge in [0.2, 0.25) is 0 Å². The summed E-state index contributed by atoms with van der Waals surface area (Å²) in [5, 5.41) is 4.19. The zero-order chi connectivity index (χ0) is 29.0. The lowest BCUT2D eigenvalue weighted by molar-refractivity contribution is 0.577. The van der Waals surface area contributed by atoms with E-state index in [-0.39, 0.29) is 5.69 Å². The maximum atomic E-state index is 12.3. The maximum Gasteiger partial charge on any atom is 0.323 e. The third kappa shape index (κ3) is 9.21. The van der Waals surface area contributed by atoms with Crippen LogP contribution in [0.1, 0.15) is 24.1 Å². The molecule has 3 nitrogen and oxygen atoms in total. The van der Waals surface area contributed by atoms with Crippen molar-refractivity contribution in [3.8, 4) is 0 Å². The number of allylic oxidation sites excluding steroid dienone is 2. The molecule has 1 unspecified atom stereocenters. The molecule has 41 heavy (non-hydrogen) atoms. The average molecular weight is 634 g/mol. The Hall–Kier alpha value is -3.60. The molecule has 0 aliphatic heterocycles. The molecule has 7 heteroatoms. The Morgan fingerprint density at radius 1 is 0.829 bits per heavy atom. The number of aromatic nitrogens is 2. The number of halogens is 3. The first kappa shape index (κ1) is 30.4. The summed E-state index contributed by atoms with van der Waals surface area (Å²) in [6, 6.07) is 35.8. The van der Waals surface area contributed by atoms with Gasteiger partial charge in [-0.15, -0.1) is 0 Å². The van der Waals surface area contributed by atoms with Gasteiger partial charge in [0, 0.05) is 18.0 Å². The highest BCUT2D eigenvalue weighted by atomic mass is 79.9. The second-order valence-corrected chi connectivity index (χ2v) is 12.7. The van der Waals surface area contributed by atoms with Gasteiger partial charge in [-0.1, -0.05) is 119 Å². The summed E-state index contributed by atoms with van der Waals surface area (Å²) in [6.07, 6.45) is 7.18. The summed E-state index contributed by atoms with van der Waals surface area (Å²) in [4.78, 5) is 16.2. The van der Waals surface area contributed by atoms with Crippen LogP contribution in [0.4, 0.5) is 8.78 Å². The van der Waals surface area contributed by atoms with Gasteiger partial charge in [-0.05, 0) is 72.1 Å². The second kappa shape index (κ2) is 15.4. The van der Waals surface area contributed by atoms with Gasteiger partial charge in [-0.2, -0.15) is 0 Å². The Balaban J connectivity index is 0.000000153. The standard InChI is InChI=1S/C18H15P.C9H11BrN2O.C7H6F2/c1-4-10-16(11-5-1)19(17-12-6-2-7-13-17)18-14-8-3-9-15-18;10-8-3-1-2-6(8)4-7-5-11-9(13)12-7;1-5-2-3-6(8)4-7(5)9/h1-15H;3,5-6H,1-2,4H2,(H2,11,12,13);2-4H,1H3. The molecule has 0 fully saturated rings. The zero-order valence-electron chi connectivity index (χ0n) is 22.7. The van der Waals surface area contributed by atoms with Gasteiger partial charge >= 0.3 is 5.69 Å². The zero-order valence-corrected chi connectivity index (χ0v) is 25.2. The van der Waals surface area contributed by atoms with Crippen LogP contribution in [-0.2, 0) is 6.42 Å². The van der Waals surface area contributed by atoms with E-state index in [0.29, 0.717) is 11.5 Å². The van der Waals surface area contributed by atoms with Crippen LogP contribution in [0.3, 0.4) is 0 Å². The Morgan fingerprint density at radius 3 is 1.76 bits per heavy atom. The molecule has 6 rings (SSSR count). The highest BCUT2D eigenvalue weighted by molar-refractivity contribution is 9.11. The van der Waals surface area contributed by atoms with Gasteiger partial charge in [0.1, 0.15) is 11.6 Å². The van der Waals surface area contributed by atoms with E-state index in [1.165, 1.54) is 38.9 Å². The fourth-order valence-corrected chi connectivity index (χ4v) is 7.34. The van der Waals surface area contributed by atoms with Gasteiger partial charge in [0.25, 0.3) is 0 Å². The maximum absolute atomic E-state index is 12.3. The van der Waals surface area contributed by atoms with Gasteiger partial charge < -0.3 is 9.97 Å². The molecule has 2 N–H and O–H groups in total. The van der Waals surface area contributed by atoms with Crippen molar-refractivity contribution in [2.75, 3.05) is 0 Å². The molecule has 1 heterocycles. The van der Waals surface area contributed by atoms with Crippen molar-refractivity contribution in [2.24, 2.45) is 5.92 Å². The number of imidazole rings is 1. The van der Waals surface area contributed by atoms with Crippen LogP contribution in [-0.4, -0.2) is 9.97 Å². The third-order valence-corrected chi connectivity index (χ3v) is 9.95. The lowest BCUT2D eigenvalue weighted by atomic mass is 10.0. The highest BCUT2D eigenvalue weighted by Gasteiger charge is 2.18. The van der Waals surface area contributed by atoms with Crippen molar-refractivity contribution in [3.05, 3.63) is 159 Å². The Bertz CT molecular complexity index is 1490. The molecule has 1 aromatic heterocycles. The molecule has 1 aliphatic carbocycles. The first-order valence-electron chi connectivity index (χ1n) is 13.4. The van der Waals surface area contributed by atoms with Crippen molar-refractivity contribution in [3.63, 3.8) is 0 Å². The van der Waals surface area contributed by atoms with Gasteiger partial charge in [0.15, 0.2) is 0 Å². The summed E-state index contributed by atoms with van der Waals surface area (Å²) in [5.41, 5.74) is 1.34. The quantitative estimate of drug-likeness (QED) is 0.192. The highest BCUT2D eigenvalue weighted by Crippen LogP contribution is 2.33. The topological polar surface area (TPSA) is 48.6 Å². The molecule has 4 aromatic carbocycles. The molecule has 0 bridgehead atoms. The summed E-state index contributed by atoms with van der Waals surface area (Å²) < 4.78 is 25.7. The summed E-state index contributed by atoms with van der Waals surface area (Å²) in [5.74, 6) is -0.473. The van der Waals surface area contributed by atoms with E-state index >= 15 is 0 Å². The molecule has 1 aliphatic rings. The molecular formula is C34H32BrF2N2OP. The molecule has 1 atom stereocenters. The lowest BCUT2D eigenvalue weighted by Gasteiger charge is -2.18. The molecule has 5 aromatic rings. The first-order valence-corrected chi connectivity index (χ1v) is 15.5. The number of H-pyrrole nitrogens is 2. The minimum absolute atomic E-state index is 0.118. The minimum atomic E-state index is -0.530. The number of hydrogen-bond donors (Lipinski definition) is 2. The fraction of sp³-hybridized carbons (Fsp3) is 0.147.